The Morgan fingerprint density at radius 2 is 1.77 bits per heavy atom. The number of hydrogen-bond acceptors (Lipinski definition) is 6. The highest BCUT2D eigenvalue weighted by atomic mass is 32.1. The van der Waals surface area contributed by atoms with Crippen molar-refractivity contribution in [1.82, 2.24) is 15.6 Å². The fourth-order valence-corrected chi connectivity index (χ4v) is 4.95. The first-order chi connectivity index (χ1) is 16.9. The molecule has 0 fully saturated rings. The zero-order chi connectivity index (χ0) is 24.9. The lowest BCUT2D eigenvalue weighted by Crippen LogP contribution is -2.40. The van der Waals surface area contributed by atoms with E-state index in [-0.39, 0.29) is 31.2 Å². The Bertz CT molecular complexity index is 1280. The number of nitrogens with one attached hydrogen (secondary N) is 2. The van der Waals surface area contributed by atoms with Crippen LogP contribution in [0.25, 0.3) is 11.1 Å². The minimum atomic E-state index is -1.22. The van der Waals surface area contributed by atoms with E-state index in [9.17, 15) is 14.4 Å². The summed E-state index contributed by atoms with van der Waals surface area (Å²) in [5.41, 5.74) is 4.64. The molecule has 4 rings (SSSR count). The third-order valence-electron chi connectivity index (χ3n) is 5.71. The van der Waals surface area contributed by atoms with Crippen LogP contribution in [0.15, 0.2) is 48.5 Å². The maximum Gasteiger partial charge on any atom is 0.407 e. The van der Waals surface area contributed by atoms with Crippen LogP contribution in [0.2, 0.25) is 0 Å². The molecule has 2 aromatic carbocycles. The number of rotatable bonds is 8. The fraction of sp³-hybridized carbons (Fsp3) is 0.231. The third kappa shape index (κ3) is 5.18. The Hall–Kier alpha value is -4.16. The van der Waals surface area contributed by atoms with Gasteiger partial charge in [-0.1, -0.05) is 48.5 Å². The van der Waals surface area contributed by atoms with Crippen molar-refractivity contribution in [3.05, 3.63) is 75.2 Å². The Kier molecular flexibility index (Phi) is 7.13. The number of aryl methyl sites for hydroxylation is 1. The molecular weight excluding hydrogens is 466 g/mol. The number of thiazole rings is 1. The maximum absolute atomic E-state index is 12.4. The Labute approximate surface area is 206 Å². The molecule has 9 heteroatoms. The summed E-state index contributed by atoms with van der Waals surface area (Å²) < 4.78 is 5.52. The fourth-order valence-electron chi connectivity index (χ4n) is 4.08. The number of aliphatic carboxylic acids is 1. The number of carboxylic acids is 1. The van der Waals surface area contributed by atoms with Crippen LogP contribution in [0.3, 0.4) is 0 Å². The molecule has 8 nitrogen and oxygen atoms in total. The van der Waals surface area contributed by atoms with Crippen molar-refractivity contribution in [2.75, 3.05) is 6.61 Å². The molecular formula is C26H23N3O5S. The summed E-state index contributed by atoms with van der Waals surface area (Å²) in [4.78, 5) is 40.9. The highest BCUT2D eigenvalue weighted by molar-refractivity contribution is 7.11. The van der Waals surface area contributed by atoms with Gasteiger partial charge in [0.2, 0.25) is 0 Å². The van der Waals surface area contributed by atoms with E-state index in [1.165, 1.54) is 11.3 Å². The van der Waals surface area contributed by atoms with Gasteiger partial charge in [0, 0.05) is 17.2 Å². The van der Waals surface area contributed by atoms with Gasteiger partial charge in [0.25, 0.3) is 5.91 Å². The summed E-state index contributed by atoms with van der Waals surface area (Å²) in [5.74, 6) is 0.330. The number of amides is 2. The molecule has 3 aromatic rings. The van der Waals surface area contributed by atoms with Crippen LogP contribution in [0, 0.1) is 19.3 Å². The summed E-state index contributed by atoms with van der Waals surface area (Å²) in [7, 11) is 0. The summed E-state index contributed by atoms with van der Waals surface area (Å²) in [6.45, 7) is 1.96. The van der Waals surface area contributed by atoms with Gasteiger partial charge in [0.1, 0.15) is 23.4 Å². The lowest BCUT2D eigenvalue weighted by Gasteiger charge is -2.14. The third-order valence-corrected chi connectivity index (χ3v) is 6.68. The first-order valence-corrected chi connectivity index (χ1v) is 11.7. The van der Waals surface area contributed by atoms with Crippen molar-refractivity contribution in [3.63, 3.8) is 0 Å². The van der Waals surface area contributed by atoms with E-state index in [0.717, 1.165) is 22.3 Å². The van der Waals surface area contributed by atoms with Gasteiger partial charge in [0.05, 0.1) is 6.54 Å². The smallest absolute Gasteiger partial charge is 0.407 e. The van der Waals surface area contributed by atoms with E-state index < -0.39 is 24.0 Å². The lowest BCUT2D eigenvalue weighted by molar-refractivity contribution is -0.139. The minimum absolute atomic E-state index is 0.0456. The Morgan fingerprint density at radius 3 is 2.37 bits per heavy atom. The molecule has 0 saturated carbocycles. The largest absolute Gasteiger partial charge is 0.480 e. The highest BCUT2D eigenvalue weighted by Gasteiger charge is 2.29. The minimum Gasteiger partial charge on any atom is -0.480 e. The van der Waals surface area contributed by atoms with E-state index >= 15 is 0 Å². The molecule has 1 aliphatic rings. The molecule has 35 heavy (non-hydrogen) atoms. The summed E-state index contributed by atoms with van der Waals surface area (Å²) >= 11 is 1.23. The van der Waals surface area contributed by atoms with Gasteiger partial charge in [-0.15, -0.1) is 23.7 Å². The van der Waals surface area contributed by atoms with Gasteiger partial charge >= 0.3 is 12.1 Å². The zero-order valence-electron chi connectivity index (χ0n) is 18.9. The van der Waals surface area contributed by atoms with E-state index in [4.69, 9.17) is 16.3 Å². The van der Waals surface area contributed by atoms with Gasteiger partial charge in [-0.05, 0) is 29.2 Å². The van der Waals surface area contributed by atoms with Crippen LogP contribution in [-0.4, -0.2) is 40.7 Å². The molecule has 0 spiro atoms. The molecule has 1 atom stereocenters. The average molecular weight is 490 g/mol. The van der Waals surface area contributed by atoms with Crippen LogP contribution < -0.4 is 10.6 Å². The van der Waals surface area contributed by atoms with Crippen molar-refractivity contribution < 1.29 is 24.2 Å². The zero-order valence-corrected chi connectivity index (χ0v) is 19.7. The summed E-state index contributed by atoms with van der Waals surface area (Å²) in [5, 5.41) is 14.7. The lowest BCUT2D eigenvalue weighted by atomic mass is 9.98. The van der Waals surface area contributed by atoms with Crippen molar-refractivity contribution in [1.29, 1.82) is 0 Å². The topological polar surface area (TPSA) is 118 Å². The summed E-state index contributed by atoms with van der Waals surface area (Å²) in [6, 6.07) is 15.0. The predicted octanol–water partition coefficient (Wildman–Crippen LogP) is 3.70. The molecule has 3 N–H and O–H groups in total. The summed E-state index contributed by atoms with van der Waals surface area (Å²) in [6.07, 6.45) is 4.43. The molecule has 0 bridgehead atoms. The Balaban J connectivity index is 1.34. The number of ether oxygens (including phenoxy) is 1. The van der Waals surface area contributed by atoms with E-state index in [1.54, 1.807) is 6.92 Å². The first kappa shape index (κ1) is 24.0. The molecule has 1 unspecified atom stereocenters. The molecule has 1 aromatic heterocycles. The molecule has 0 aliphatic heterocycles. The van der Waals surface area contributed by atoms with Crippen molar-refractivity contribution in [2.45, 2.75) is 31.8 Å². The van der Waals surface area contributed by atoms with Crippen LogP contribution in [0.4, 0.5) is 4.79 Å². The van der Waals surface area contributed by atoms with Gasteiger partial charge in [-0.25, -0.2) is 14.6 Å². The number of carbonyl (C=O) groups excluding carboxylic acids is 2. The average Bonchev–Trinajstić information content (AvgIpc) is 3.38. The van der Waals surface area contributed by atoms with E-state index in [2.05, 4.69) is 33.7 Å². The van der Waals surface area contributed by atoms with Gasteiger partial charge in [0.15, 0.2) is 0 Å². The number of carbonyl (C=O) groups is 3. The molecule has 1 heterocycles. The van der Waals surface area contributed by atoms with E-state index in [1.807, 2.05) is 36.4 Å². The monoisotopic (exact) mass is 489 g/mol. The van der Waals surface area contributed by atoms with Gasteiger partial charge < -0.3 is 20.5 Å². The second-order valence-corrected chi connectivity index (χ2v) is 9.25. The Morgan fingerprint density at radius 1 is 1.14 bits per heavy atom. The van der Waals surface area contributed by atoms with Crippen LogP contribution >= 0.6 is 11.3 Å². The number of hydrogen-bond donors (Lipinski definition) is 3. The van der Waals surface area contributed by atoms with Crippen molar-refractivity contribution in [3.8, 4) is 23.5 Å². The van der Waals surface area contributed by atoms with E-state index in [0.29, 0.717) is 9.88 Å². The van der Waals surface area contributed by atoms with Crippen LogP contribution in [0.1, 0.15) is 43.8 Å². The standard InChI is InChI=1S/C26H23N3O5S/c1-3-8-21(25(31)32)28-24(30)23-15(2)35-22(29-23)13-27-26(33)34-14-20-18-11-6-4-9-16(18)17-10-5-7-12-19(17)20/h1,4-7,9-12,20-21H,8,13-14H2,2H3,(H,27,33)(H,28,30)(H,31,32). The SMILES string of the molecule is C#CCC(NC(=O)c1nc(CNC(=O)OCC2c3ccccc3-c3ccccc32)sc1C)C(=O)O. The second-order valence-electron chi connectivity index (χ2n) is 7.96. The molecule has 0 saturated heterocycles. The quantitative estimate of drug-likeness (QED) is 0.416. The molecule has 0 radical (unpaired) electrons. The van der Waals surface area contributed by atoms with Crippen molar-refractivity contribution >= 4 is 29.3 Å². The number of fused-ring (bicyclic) bond motifs is 3. The number of benzene rings is 2. The van der Waals surface area contributed by atoms with Crippen LogP contribution in [0.5, 0.6) is 0 Å². The molecule has 2 amide bonds. The maximum atomic E-state index is 12.4. The second kappa shape index (κ2) is 10.4. The number of alkyl carbamates (subject to hydrolysis) is 1. The first-order valence-electron chi connectivity index (χ1n) is 10.9. The number of carboxylic acid groups (broad SMARTS) is 1. The number of terminal acetylenes is 1. The number of aromatic nitrogens is 1. The molecule has 178 valence electrons. The number of nitrogens with zero attached hydrogens (tertiary/aromatic N) is 1. The predicted molar refractivity (Wildman–Crippen MR) is 131 cm³/mol. The molecule has 1 aliphatic carbocycles. The highest BCUT2D eigenvalue weighted by Crippen LogP contribution is 2.44. The normalized spacial score (nSPS) is 12.7. The van der Waals surface area contributed by atoms with Gasteiger partial charge in [-0.3, -0.25) is 4.79 Å². The van der Waals surface area contributed by atoms with Gasteiger partial charge in [-0.2, -0.15) is 0 Å². The van der Waals surface area contributed by atoms with Crippen molar-refractivity contribution in [2.24, 2.45) is 0 Å². The van der Waals surface area contributed by atoms with Crippen LogP contribution in [-0.2, 0) is 16.1 Å².